The summed E-state index contributed by atoms with van der Waals surface area (Å²) in [6, 6.07) is 14.3. The second-order valence-corrected chi connectivity index (χ2v) is 4.36. The number of ether oxygens (including phenoxy) is 1. The molecule has 0 fully saturated rings. The number of carboxylic acids is 1. The lowest BCUT2D eigenvalue weighted by Gasteiger charge is -2.08. The van der Waals surface area contributed by atoms with Crippen LogP contribution in [0.3, 0.4) is 0 Å². The first kappa shape index (κ1) is 15.1. The molecule has 0 aromatic heterocycles. The lowest BCUT2D eigenvalue weighted by molar-refractivity contribution is -0.118. The van der Waals surface area contributed by atoms with Gasteiger partial charge in [0, 0.05) is 5.69 Å². The van der Waals surface area contributed by atoms with Crippen molar-refractivity contribution in [2.45, 2.75) is 0 Å². The highest BCUT2D eigenvalue weighted by Gasteiger charge is 2.07. The first-order valence-corrected chi connectivity index (χ1v) is 6.34. The van der Waals surface area contributed by atoms with E-state index in [2.05, 4.69) is 5.32 Å². The fourth-order valence-corrected chi connectivity index (χ4v) is 1.70. The van der Waals surface area contributed by atoms with E-state index in [1.54, 1.807) is 36.4 Å². The average molecular weight is 296 g/mol. The van der Waals surface area contributed by atoms with Gasteiger partial charge in [0.2, 0.25) is 0 Å². The van der Waals surface area contributed by atoms with Crippen molar-refractivity contribution < 1.29 is 19.4 Å². The van der Waals surface area contributed by atoms with Gasteiger partial charge in [-0.25, -0.2) is 4.79 Å². The third-order valence-corrected chi connectivity index (χ3v) is 2.75. The normalized spacial score (nSPS) is 9.59. The molecule has 6 heteroatoms. The van der Waals surface area contributed by atoms with Gasteiger partial charge < -0.3 is 15.2 Å². The van der Waals surface area contributed by atoms with Crippen molar-refractivity contribution >= 4 is 17.6 Å². The number of hydrogen-bond acceptors (Lipinski definition) is 4. The number of benzene rings is 2. The van der Waals surface area contributed by atoms with Crippen molar-refractivity contribution in [2.75, 3.05) is 11.9 Å². The van der Waals surface area contributed by atoms with Gasteiger partial charge in [0.15, 0.2) is 6.61 Å². The predicted molar refractivity (Wildman–Crippen MR) is 78.7 cm³/mol. The quantitative estimate of drug-likeness (QED) is 0.881. The van der Waals surface area contributed by atoms with Gasteiger partial charge in [0.05, 0.1) is 17.2 Å². The highest BCUT2D eigenvalue weighted by Crippen LogP contribution is 2.13. The first-order valence-electron chi connectivity index (χ1n) is 6.34. The molecule has 110 valence electrons. The van der Waals surface area contributed by atoms with Crippen LogP contribution in [0.15, 0.2) is 48.5 Å². The van der Waals surface area contributed by atoms with Crippen LogP contribution in [-0.4, -0.2) is 23.6 Å². The average Bonchev–Trinajstić information content (AvgIpc) is 2.53. The summed E-state index contributed by atoms with van der Waals surface area (Å²) in [6.07, 6.45) is 0. The van der Waals surface area contributed by atoms with Gasteiger partial charge in [-0.05, 0) is 42.5 Å². The molecule has 0 atom stereocenters. The molecule has 0 radical (unpaired) electrons. The zero-order valence-electron chi connectivity index (χ0n) is 11.4. The van der Waals surface area contributed by atoms with Crippen LogP contribution in [0.5, 0.6) is 5.75 Å². The van der Waals surface area contributed by atoms with Crippen LogP contribution in [0.4, 0.5) is 5.69 Å². The Bertz CT molecular complexity index is 733. The largest absolute Gasteiger partial charge is 0.484 e. The van der Waals surface area contributed by atoms with Crippen LogP contribution < -0.4 is 10.1 Å². The molecule has 0 saturated heterocycles. The number of amides is 1. The molecule has 0 spiro atoms. The maximum Gasteiger partial charge on any atom is 0.335 e. The summed E-state index contributed by atoms with van der Waals surface area (Å²) in [5, 5.41) is 20.1. The summed E-state index contributed by atoms with van der Waals surface area (Å²) in [5.41, 5.74) is 0.974. The number of nitrogens with zero attached hydrogens (tertiary/aromatic N) is 1. The number of carbonyl (C=O) groups is 2. The Morgan fingerprint density at radius 1 is 1.18 bits per heavy atom. The number of aromatic carboxylic acids is 1. The van der Waals surface area contributed by atoms with Gasteiger partial charge >= 0.3 is 5.97 Å². The summed E-state index contributed by atoms with van der Waals surface area (Å²) in [6.45, 7) is -0.219. The van der Waals surface area contributed by atoms with Gasteiger partial charge in [-0.2, -0.15) is 5.26 Å². The summed E-state index contributed by atoms with van der Waals surface area (Å²) >= 11 is 0. The Balaban J connectivity index is 1.91. The minimum atomic E-state index is -1.06. The van der Waals surface area contributed by atoms with Crippen molar-refractivity contribution in [3.63, 3.8) is 0 Å². The minimum Gasteiger partial charge on any atom is -0.484 e. The molecular weight excluding hydrogens is 284 g/mol. The van der Waals surface area contributed by atoms with E-state index in [4.69, 9.17) is 15.1 Å². The molecular formula is C16H12N2O4. The monoisotopic (exact) mass is 296 g/mol. The highest BCUT2D eigenvalue weighted by molar-refractivity contribution is 5.94. The predicted octanol–water partition coefficient (Wildman–Crippen LogP) is 2.27. The van der Waals surface area contributed by atoms with E-state index in [1.807, 2.05) is 6.07 Å². The lowest BCUT2D eigenvalue weighted by Crippen LogP contribution is -2.20. The molecule has 0 aliphatic carbocycles. The van der Waals surface area contributed by atoms with Crippen LogP contribution in [0.1, 0.15) is 15.9 Å². The zero-order chi connectivity index (χ0) is 15.9. The van der Waals surface area contributed by atoms with E-state index in [0.717, 1.165) is 0 Å². The molecule has 0 bridgehead atoms. The van der Waals surface area contributed by atoms with Crippen LogP contribution in [-0.2, 0) is 4.79 Å². The third-order valence-electron chi connectivity index (χ3n) is 2.75. The van der Waals surface area contributed by atoms with Gasteiger partial charge in [0.25, 0.3) is 5.91 Å². The molecule has 2 aromatic carbocycles. The van der Waals surface area contributed by atoms with E-state index < -0.39 is 11.9 Å². The summed E-state index contributed by atoms with van der Waals surface area (Å²) in [7, 11) is 0. The van der Waals surface area contributed by atoms with Gasteiger partial charge in [-0.15, -0.1) is 0 Å². The Hall–Kier alpha value is -3.33. The number of carboxylic acid groups (broad SMARTS) is 1. The molecule has 0 saturated carbocycles. The number of nitrogens with one attached hydrogen (secondary N) is 1. The van der Waals surface area contributed by atoms with Crippen molar-refractivity contribution in [2.24, 2.45) is 0 Å². The molecule has 22 heavy (non-hydrogen) atoms. The zero-order valence-corrected chi connectivity index (χ0v) is 11.4. The Kier molecular flexibility index (Phi) is 4.73. The Labute approximate surface area is 126 Å². The minimum absolute atomic E-state index is 0.0887. The van der Waals surface area contributed by atoms with Gasteiger partial charge in [-0.3, -0.25) is 4.79 Å². The fourth-order valence-electron chi connectivity index (χ4n) is 1.70. The Morgan fingerprint density at radius 2 is 1.91 bits per heavy atom. The number of nitriles is 1. The number of rotatable bonds is 5. The topological polar surface area (TPSA) is 99.4 Å². The molecule has 2 N–H and O–H groups in total. The molecule has 6 nitrogen and oxygen atoms in total. The summed E-state index contributed by atoms with van der Waals surface area (Å²) in [4.78, 5) is 22.6. The SMILES string of the molecule is N#Cc1ccc(OCC(=O)Nc2cccc(C(=O)O)c2)cc1. The lowest BCUT2D eigenvalue weighted by atomic mass is 10.2. The van der Waals surface area contributed by atoms with Crippen LogP contribution >= 0.6 is 0 Å². The molecule has 2 aromatic rings. The van der Waals surface area contributed by atoms with Crippen LogP contribution in [0.25, 0.3) is 0 Å². The van der Waals surface area contributed by atoms with E-state index in [-0.39, 0.29) is 12.2 Å². The number of hydrogen-bond donors (Lipinski definition) is 2. The van der Waals surface area contributed by atoms with Gasteiger partial charge in [-0.1, -0.05) is 6.07 Å². The maximum atomic E-state index is 11.8. The van der Waals surface area contributed by atoms with Crippen LogP contribution in [0.2, 0.25) is 0 Å². The van der Waals surface area contributed by atoms with Crippen LogP contribution in [0, 0.1) is 11.3 Å². The molecule has 0 aliphatic heterocycles. The third kappa shape index (κ3) is 4.08. The van der Waals surface area contributed by atoms with Crippen molar-refractivity contribution in [3.05, 3.63) is 59.7 Å². The molecule has 2 rings (SSSR count). The molecule has 1 amide bonds. The van der Waals surface area contributed by atoms with E-state index >= 15 is 0 Å². The fraction of sp³-hybridized carbons (Fsp3) is 0.0625. The van der Waals surface area contributed by atoms with E-state index in [9.17, 15) is 9.59 Å². The molecule has 0 aliphatic rings. The second-order valence-electron chi connectivity index (χ2n) is 4.36. The van der Waals surface area contributed by atoms with Crippen molar-refractivity contribution in [1.82, 2.24) is 0 Å². The van der Waals surface area contributed by atoms with Crippen molar-refractivity contribution in [1.29, 1.82) is 5.26 Å². The van der Waals surface area contributed by atoms with E-state index in [1.165, 1.54) is 12.1 Å². The standard InChI is InChI=1S/C16H12N2O4/c17-9-11-4-6-14(7-5-11)22-10-15(19)18-13-3-1-2-12(8-13)16(20)21/h1-8H,10H2,(H,18,19)(H,20,21). The highest BCUT2D eigenvalue weighted by atomic mass is 16.5. The molecule has 0 unspecified atom stereocenters. The van der Waals surface area contributed by atoms with Gasteiger partial charge in [0.1, 0.15) is 5.75 Å². The number of anilines is 1. The van der Waals surface area contributed by atoms with E-state index in [0.29, 0.717) is 17.0 Å². The summed E-state index contributed by atoms with van der Waals surface area (Å²) < 4.78 is 5.28. The second kappa shape index (κ2) is 6.90. The number of carbonyl (C=O) groups excluding carboxylic acids is 1. The first-order chi connectivity index (χ1) is 10.6. The maximum absolute atomic E-state index is 11.8. The Morgan fingerprint density at radius 3 is 2.55 bits per heavy atom. The smallest absolute Gasteiger partial charge is 0.335 e. The molecule has 0 heterocycles. The summed E-state index contributed by atoms with van der Waals surface area (Å²) in [5.74, 6) is -1.01. The van der Waals surface area contributed by atoms with Crippen molar-refractivity contribution in [3.8, 4) is 11.8 Å².